The van der Waals surface area contributed by atoms with Gasteiger partial charge in [-0.1, -0.05) is 74.0 Å². The van der Waals surface area contributed by atoms with Crippen molar-refractivity contribution < 1.29 is 9.59 Å². The number of amides is 3. The van der Waals surface area contributed by atoms with Gasteiger partial charge in [0.25, 0.3) is 5.91 Å². The lowest BCUT2D eigenvalue weighted by atomic mass is 9.99. The monoisotopic (exact) mass is 458 g/mol. The number of urea groups is 1. The Morgan fingerprint density at radius 1 is 0.879 bits per heavy atom. The minimum Gasteiger partial charge on any atom is -0.307 e. The molecule has 0 atom stereocenters. The summed E-state index contributed by atoms with van der Waals surface area (Å²) in [5.41, 5.74) is 9.27. The second kappa shape index (κ2) is 9.71. The molecule has 3 aromatic carbocycles. The van der Waals surface area contributed by atoms with E-state index in [-0.39, 0.29) is 0 Å². The molecule has 0 unspecified atom stereocenters. The lowest BCUT2D eigenvalue weighted by molar-refractivity contribution is 0.0939. The number of para-hydroxylation sites is 1. The summed E-state index contributed by atoms with van der Waals surface area (Å²) in [4.78, 5) is 29.9. The SMILES string of the molecule is CC(C)c1ccc(-c2cc(C(=O)NNC(=O)Nc3cccc(Cl)c3)c3ccccc3n2)cc1. The topological polar surface area (TPSA) is 83.1 Å². The van der Waals surface area contributed by atoms with Crippen molar-refractivity contribution in [3.8, 4) is 11.3 Å². The van der Waals surface area contributed by atoms with Crippen molar-refractivity contribution in [3.63, 3.8) is 0 Å². The van der Waals surface area contributed by atoms with Gasteiger partial charge in [0.1, 0.15) is 0 Å². The van der Waals surface area contributed by atoms with Gasteiger partial charge in [-0.15, -0.1) is 0 Å². The fraction of sp³-hybridized carbons (Fsp3) is 0.115. The molecule has 7 heteroatoms. The number of hydrogen-bond acceptors (Lipinski definition) is 3. The van der Waals surface area contributed by atoms with Crippen molar-refractivity contribution in [1.82, 2.24) is 15.8 Å². The molecule has 1 heterocycles. The normalized spacial score (nSPS) is 10.8. The van der Waals surface area contributed by atoms with Gasteiger partial charge >= 0.3 is 6.03 Å². The summed E-state index contributed by atoms with van der Waals surface area (Å²) >= 11 is 5.93. The Labute approximate surface area is 197 Å². The zero-order valence-corrected chi connectivity index (χ0v) is 19.0. The second-order valence-electron chi connectivity index (χ2n) is 7.89. The Hall–Kier alpha value is -3.90. The van der Waals surface area contributed by atoms with Crippen LogP contribution in [-0.4, -0.2) is 16.9 Å². The van der Waals surface area contributed by atoms with E-state index in [1.807, 2.05) is 36.4 Å². The number of nitrogens with zero attached hydrogens (tertiary/aromatic N) is 1. The summed E-state index contributed by atoms with van der Waals surface area (Å²) in [6, 6.07) is 23.4. The van der Waals surface area contributed by atoms with E-state index in [9.17, 15) is 9.59 Å². The number of hydrogen-bond donors (Lipinski definition) is 3. The summed E-state index contributed by atoms with van der Waals surface area (Å²) < 4.78 is 0. The molecule has 6 nitrogen and oxygen atoms in total. The third-order valence-electron chi connectivity index (χ3n) is 5.21. The number of benzene rings is 3. The molecule has 4 aromatic rings. The van der Waals surface area contributed by atoms with Crippen LogP contribution >= 0.6 is 11.6 Å². The molecule has 0 bridgehead atoms. The minimum absolute atomic E-state index is 0.409. The molecule has 3 amide bonds. The molecule has 0 spiro atoms. The van der Waals surface area contributed by atoms with Crippen LogP contribution in [0.5, 0.6) is 0 Å². The molecule has 0 saturated heterocycles. The van der Waals surface area contributed by atoms with Crippen LogP contribution < -0.4 is 16.2 Å². The van der Waals surface area contributed by atoms with Crippen molar-refractivity contribution in [2.75, 3.05) is 5.32 Å². The largest absolute Gasteiger partial charge is 0.337 e. The average molecular weight is 459 g/mol. The van der Waals surface area contributed by atoms with Gasteiger partial charge in [-0.3, -0.25) is 10.2 Å². The van der Waals surface area contributed by atoms with Crippen molar-refractivity contribution >= 4 is 40.1 Å². The van der Waals surface area contributed by atoms with Gasteiger partial charge in [-0.05, 0) is 41.8 Å². The van der Waals surface area contributed by atoms with Crippen molar-refractivity contribution in [1.29, 1.82) is 0 Å². The average Bonchev–Trinajstić information content (AvgIpc) is 2.82. The van der Waals surface area contributed by atoms with Gasteiger partial charge in [0.15, 0.2) is 0 Å². The highest BCUT2D eigenvalue weighted by atomic mass is 35.5. The molecule has 0 aliphatic carbocycles. The zero-order valence-electron chi connectivity index (χ0n) is 18.2. The smallest absolute Gasteiger partial charge is 0.307 e. The number of carbonyl (C=O) groups is 2. The van der Waals surface area contributed by atoms with E-state index in [4.69, 9.17) is 16.6 Å². The summed E-state index contributed by atoms with van der Waals surface area (Å²) in [7, 11) is 0. The molecule has 3 N–H and O–H groups in total. The minimum atomic E-state index is -0.589. The van der Waals surface area contributed by atoms with Gasteiger partial charge in [0, 0.05) is 21.7 Å². The fourth-order valence-electron chi connectivity index (χ4n) is 3.46. The second-order valence-corrected chi connectivity index (χ2v) is 8.33. The first-order valence-corrected chi connectivity index (χ1v) is 10.9. The summed E-state index contributed by atoms with van der Waals surface area (Å²) in [5, 5.41) is 3.80. The molecule has 0 radical (unpaired) electrons. The van der Waals surface area contributed by atoms with E-state index in [1.165, 1.54) is 5.56 Å². The van der Waals surface area contributed by atoms with E-state index in [0.717, 1.165) is 5.56 Å². The number of nitrogens with one attached hydrogen (secondary N) is 3. The number of hydrazine groups is 1. The Bertz CT molecular complexity index is 1320. The predicted molar refractivity (Wildman–Crippen MR) is 132 cm³/mol. The van der Waals surface area contributed by atoms with Crippen LogP contribution in [0.2, 0.25) is 5.02 Å². The van der Waals surface area contributed by atoms with Crippen LogP contribution in [0.15, 0.2) is 78.9 Å². The molecular formula is C26H23ClN4O2. The van der Waals surface area contributed by atoms with Crippen molar-refractivity contribution in [2.45, 2.75) is 19.8 Å². The number of carbonyl (C=O) groups excluding carboxylic acids is 2. The number of fused-ring (bicyclic) bond motifs is 1. The lowest BCUT2D eigenvalue weighted by Gasteiger charge is -2.12. The van der Waals surface area contributed by atoms with Gasteiger partial charge in [0.2, 0.25) is 0 Å². The first kappa shape index (κ1) is 22.3. The molecule has 0 fully saturated rings. The summed E-state index contributed by atoms with van der Waals surface area (Å²) in [6.07, 6.45) is 0. The molecule has 1 aromatic heterocycles. The highest BCUT2D eigenvalue weighted by molar-refractivity contribution is 6.30. The van der Waals surface area contributed by atoms with Gasteiger partial charge in [0.05, 0.1) is 16.8 Å². The highest BCUT2D eigenvalue weighted by Crippen LogP contribution is 2.26. The number of pyridine rings is 1. The van der Waals surface area contributed by atoms with Crippen LogP contribution in [0, 0.1) is 0 Å². The number of aromatic nitrogens is 1. The number of rotatable bonds is 4. The highest BCUT2D eigenvalue weighted by Gasteiger charge is 2.15. The van der Waals surface area contributed by atoms with Gasteiger partial charge < -0.3 is 5.32 Å². The maximum absolute atomic E-state index is 13.0. The molecule has 0 aliphatic heterocycles. The summed E-state index contributed by atoms with van der Waals surface area (Å²) in [6.45, 7) is 4.28. The standard InChI is InChI=1S/C26H23ClN4O2/c1-16(2)17-10-12-18(13-11-17)24-15-22(21-8-3-4-9-23(21)29-24)25(32)30-31-26(33)28-20-7-5-6-19(27)14-20/h3-16H,1-2H3,(H,30,32)(H2,28,31,33). The Balaban J connectivity index is 1.57. The van der Waals surface area contributed by atoms with Crippen LogP contribution in [0.3, 0.4) is 0 Å². The zero-order chi connectivity index (χ0) is 23.4. The van der Waals surface area contributed by atoms with E-state index in [1.54, 1.807) is 30.3 Å². The third kappa shape index (κ3) is 5.30. The van der Waals surface area contributed by atoms with Crippen molar-refractivity contribution in [3.05, 3.63) is 95.0 Å². The van der Waals surface area contributed by atoms with Crippen molar-refractivity contribution in [2.24, 2.45) is 0 Å². The first-order chi connectivity index (χ1) is 15.9. The lowest BCUT2D eigenvalue weighted by Crippen LogP contribution is -2.44. The molecule has 0 aliphatic rings. The maximum atomic E-state index is 13.0. The first-order valence-electron chi connectivity index (χ1n) is 10.5. The van der Waals surface area contributed by atoms with E-state index in [2.05, 4.69) is 42.1 Å². The fourth-order valence-corrected chi connectivity index (χ4v) is 3.65. The Kier molecular flexibility index (Phi) is 6.56. The summed E-state index contributed by atoms with van der Waals surface area (Å²) in [5.74, 6) is -0.0241. The van der Waals surface area contributed by atoms with Gasteiger partial charge in [-0.25, -0.2) is 15.2 Å². The quantitative estimate of drug-likeness (QED) is 0.321. The van der Waals surface area contributed by atoms with E-state index >= 15 is 0 Å². The van der Waals surface area contributed by atoms with E-state index in [0.29, 0.717) is 38.8 Å². The Morgan fingerprint density at radius 3 is 2.36 bits per heavy atom. The van der Waals surface area contributed by atoms with Crippen LogP contribution in [0.25, 0.3) is 22.2 Å². The molecule has 4 rings (SSSR count). The van der Waals surface area contributed by atoms with Gasteiger partial charge in [-0.2, -0.15) is 0 Å². The maximum Gasteiger partial charge on any atom is 0.337 e. The van der Waals surface area contributed by atoms with Crippen LogP contribution in [0.4, 0.5) is 10.5 Å². The predicted octanol–water partition coefficient (Wildman–Crippen LogP) is 6.15. The van der Waals surface area contributed by atoms with E-state index < -0.39 is 11.9 Å². The molecule has 33 heavy (non-hydrogen) atoms. The molecule has 0 saturated carbocycles. The van der Waals surface area contributed by atoms with Crippen LogP contribution in [-0.2, 0) is 0 Å². The van der Waals surface area contributed by atoms with Crippen LogP contribution in [0.1, 0.15) is 35.7 Å². The molecule has 166 valence electrons. The third-order valence-corrected chi connectivity index (χ3v) is 5.44. The number of halogens is 1. The molecular weight excluding hydrogens is 436 g/mol. The number of anilines is 1. The Morgan fingerprint density at radius 2 is 1.64 bits per heavy atom.